The molecule has 0 aromatic heterocycles. The van der Waals surface area contributed by atoms with Crippen LogP contribution in [0.3, 0.4) is 0 Å². The first kappa shape index (κ1) is 18.7. The Bertz CT molecular complexity index is 575. The normalized spacial score (nSPS) is 22.4. The summed E-state index contributed by atoms with van der Waals surface area (Å²) in [6, 6.07) is 4.98. The van der Waals surface area contributed by atoms with E-state index in [0.717, 1.165) is 25.7 Å². The van der Waals surface area contributed by atoms with E-state index < -0.39 is 10.0 Å². The van der Waals surface area contributed by atoms with E-state index in [9.17, 15) is 8.42 Å². The Morgan fingerprint density at radius 1 is 1.29 bits per heavy atom. The highest BCUT2D eigenvalue weighted by atomic mass is 79.9. The molecule has 0 saturated heterocycles. The molecule has 0 unspecified atom stereocenters. The molecular weight excluding hydrogens is 380 g/mol. The van der Waals surface area contributed by atoms with Crippen LogP contribution in [0.15, 0.2) is 27.6 Å². The summed E-state index contributed by atoms with van der Waals surface area (Å²) in [5.41, 5.74) is 5.83. The Labute approximate surface area is 140 Å². The van der Waals surface area contributed by atoms with E-state index in [-0.39, 0.29) is 29.4 Å². The minimum absolute atomic E-state index is 0. The average Bonchev–Trinajstić information content (AvgIpc) is 2.40. The smallest absolute Gasteiger partial charge is 0.241 e. The fourth-order valence-corrected chi connectivity index (χ4v) is 4.71. The van der Waals surface area contributed by atoms with Gasteiger partial charge in [-0.25, -0.2) is 13.1 Å². The Hall–Kier alpha value is -0.340. The van der Waals surface area contributed by atoms with Crippen molar-refractivity contribution in [1.82, 2.24) is 4.72 Å². The van der Waals surface area contributed by atoms with Crippen molar-refractivity contribution in [3.05, 3.63) is 22.7 Å². The number of hydrogen-bond acceptors (Lipinski definition) is 4. The minimum atomic E-state index is -3.53. The van der Waals surface area contributed by atoms with E-state index in [0.29, 0.717) is 10.2 Å². The highest BCUT2D eigenvalue weighted by Gasteiger charge is 2.25. The summed E-state index contributed by atoms with van der Waals surface area (Å²) in [5, 5.41) is 0. The van der Waals surface area contributed by atoms with Gasteiger partial charge in [-0.2, -0.15) is 0 Å². The Morgan fingerprint density at radius 3 is 2.43 bits per heavy atom. The first-order valence-corrected chi connectivity index (χ1v) is 8.81. The number of ether oxygens (including phenoxy) is 1. The van der Waals surface area contributed by atoms with E-state index in [1.807, 2.05) is 0 Å². The third kappa shape index (κ3) is 4.82. The van der Waals surface area contributed by atoms with Gasteiger partial charge in [0.05, 0.1) is 12.0 Å². The Kier molecular flexibility index (Phi) is 6.93. The van der Waals surface area contributed by atoms with Crippen LogP contribution in [-0.4, -0.2) is 27.6 Å². The summed E-state index contributed by atoms with van der Waals surface area (Å²) in [5.74, 6) is 0.611. The first-order chi connectivity index (χ1) is 9.42. The maximum Gasteiger partial charge on any atom is 0.241 e. The molecule has 1 fully saturated rings. The van der Waals surface area contributed by atoms with Gasteiger partial charge in [0.25, 0.3) is 0 Å². The third-order valence-electron chi connectivity index (χ3n) is 3.52. The number of nitrogens with one attached hydrogen (secondary N) is 1. The van der Waals surface area contributed by atoms with Crippen LogP contribution in [0.5, 0.6) is 5.75 Å². The molecule has 1 saturated carbocycles. The van der Waals surface area contributed by atoms with Crippen molar-refractivity contribution in [2.45, 2.75) is 42.7 Å². The molecule has 0 spiro atoms. The van der Waals surface area contributed by atoms with Gasteiger partial charge in [0.15, 0.2) is 0 Å². The van der Waals surface area contributed by atoms with Crippen molar-refractivity contribution in [2.24, 2.45) is 5.73 Å². The van der Waals surface area contributed by atoms with Gasteiger partial charge in [0.2, 0.25) is 10.0 Å². The van der Waals surface area contributed by atoms with Gasteiger partial charge in [-0.15, -0.1) is 12.4 Å². The van der Waals surface area contributed by atoms with E-state index >= 15 is 0 Å². The second-order valence-electron chi connectivity index (χ2n) is 5.03. The number of methoxy groups -OCH3 is 1. The Morgan fingerprint density at radius 2 is 1.90 bits per heavy atom. The molecule has 2 rings (SSSR count). The highest BCUT2D eigenvalue weighted by Crippen LogP contribution is 2.27. The Balaban J connectivity index is 0.00000220. The average molecular weight is 400 g/mol. The van der Waals surface area contributed by atoms with Crippen molar-refractivity contribution >= 4 is 38.4 Å². The van der Waals surface area contributed by atoms with Gasteiger partial charge in [0.1, 0.15) is 5.75 Å². The van der Waals surface area contributed by atoms with Gasteiger partial charge in [0, 0.05) is 16.6 Å². The molecule has 0 heterocycles. The van der Waals surface area contributed by atoms with E-state index in [1.54, 1.807) is 25.3 Å². The zero-order valence-electron chi connectivity index (χ0n) is 11.7. The minimum Gasteiger partial charge on any atom is -0.497 e. The van der Waals surface area contributed by atoms with Crippen molar-refractivity contribution in [2.75, 3.05) is 7.11 Å². The second-order valence-corrected chi connectivity index (χ2v) is 7.57. The van der Waals surface area contributed by atoms with Crippen LogP contribution in [0, 0.1) is 0 Å². The second kappa shape index (κ2) is 7.78. The van der Waals surface area contributed by atoms with E-state index in [1.165, 1.54) is 0 Å². The van der Waals surface area contributed by atoms with Gasteiger partial charge in [-0.05, 0) is 59.8 Å². The van der Waals surface area contributed by atoms with Gasteiger partial charge < -0.3 is 10.5 Å². The SMILES string of the molecule is COc1ccc(S(=O)(=O)NC2CCC(N)CC2)c(Br)c1.Cl. The van der Waals surface area contributed by atoms with Crippen LogP contribution in [-0.2, 0) is 10.0 Å². The quantitative estimate of drug-likeness (QED) is 0.814. The molecule has 5 nitrogen and oxygen atoms in total. The molecule has 120 valence electrons. The lowest BCUT2D eigenvalue weighted by Gasteiger charge is -2.26. The molecule has 0 bridgehead atoms. The standard InChI is InChI=1S/C13H19BrN2O3S.ClH/c1-19-11-6-7-13(12(14)8-11)20(17,18)16-10-4-2-9(15)3-5-10;/h6-10,16H,2-5,15H2,1H3;1H. The number of rotatable bonds is 4. The topological polar surface area (TPSA) is 81.4 Å². The maximum absolute atomic E-state index is 12.4. The summed E-state index contributed by atoms with van der Waals surface area (Å²) in [7, 11) is -1.99. The largest absolute Gasteiger partial charge is 0.497 e. The van der Waals surface area contributed by atoms with Crippen LogP contribution in [0.2, 0.25) is 0 Å². The molecule has 1 aromatic rings. The third-order valence-corrected chi connectivity index (χ3v) is 6.02. The molecule has 3 N–H and O–H groups in total. The van der Waals surface area contributed by atoms with Gasteiger partial charge >= 0.3 is 0 Å². The molecule has 21 heavy (non-hydrogen) atoms. The van der Waals surface area contributed by atoms with Gasteiger partial charge in [-0.1, -0.05) is 0 Å². The van der Waals surface area contributed by atoms with Crippen molar-refractivity contribution in [3.8, 4) is 5.75 Å². The summed E-state index contributed by atoms with van der Waals surface area (Å²) in [4.78, 5) is 0.230. The summed E-state index contributed by atoms with van der Waals surface area (Å²) < 4.78 is 33.1. The monoisotopic (exact) mass is 398 g/mol. The number of halogens is 2. The highest BCUT2D eigenvalue weighted by molar-refractivity contribution is 9.10. The maximum atomic E-state index is 12.4. The number of hydrogen-bond donors (Lipinski definition) is 2. The molecular formula is C13H20BrClN2O3S. The first-order valence-electron chi connectivity index (χ1n) is 6.54. The number of sulfonamides is 1. The van der Waals surface area contributed by atoms with Crippen molar-refractivity contribution in [3.63, 3.8) is 0 Å². The predicted octanol–water partition coefficient (Wildman–Crippen LogP) is 2.43. The lowest BCUT2D eigenvalue weighted by atomic mass is 9.93. The molecule has 1 aliphatic rings. The molecule has 1 aromatic carbocycles. The zero-order chi connectivity index (χ0) is 14.8. The number of benzene rings is 1. The lowest BCUT2D eigenvalue weighted by molar-refractivity contribution is 0.373. The molecule has 0 atom stereocenters. The zero-order valence-corrected chi connectivity index (χ0v) is 14.9. The number of nitrogens with two attached hydrogens (primary N) is 1. The van der Waals surface area contributed by atoms with E-state index in [4.69, 9.17) is 10.5 Å². The van der Waals surface area contributed by atoms with Crippen LogP contribution in [0.25, 0.3) is 0 Å². The lowest BCUT2D eigenvalue weighted by Crippen LogP contribution is -2.40. The van der Waals surface area contributed by atoms with E-state index in [2.05, 4.69) is 20.7 Å². The molecule has 8 heteroatoms. The van der Waals surface area contributed by atoms with Crippen LogP contribution in [0.1, 0.15) is 25.7 Å². The molecule has 0 amide bonds. The molecule has 0 aliphatic heterocycles. The van der Waals surface area contributed by atoms with Crippen molar-refractivity contribution < 1.29 is 13.2 Å². The summed E-state index contributed by atoms with van der Waals surface area (Å²) >= 11 is 3.28. The molecule has 1 aliphatic carbocycles. The fourth-order valence-electron chi connectivity index (χ4n) is 2.35. The van der Waals surface area contributed by atoms with Crippen molar-refractivity contribution in [1.29, 1.82) is 0 Å². The van der Waals surface area contributed by atoms with Crippen LogP contribution in [0.4, 0.5) is 0 Å². The molecule has 0 radical (unpaired) electrons. The van der Waals surface area contributed by atoms with Gasteiger partial charge in [-0.3, -0.25) is 0 Å². The fraction of sp³-hybridized carbons (Fsp3) is 0.538. The summed E-state index contributed by atoms with van der Waals surface area (Å²) in [6.45, 7) is 0. The van der Waals surface area contributed by atoms with Crippen LogP contribution < -0.4 is 15.2 Å². The predicted molar refractivity (Wildman–Crippen MR) is 88.5 cm³/mol. The summed E-state index contributed by atoms with van der Waals surface area (Å²) in [6.07, 6.45) is 3.29. The van der Waals surface area contributed by atoms with Crippen LogP contribution >= 0.6 is 28.3 Å².